The summed E-state index contributed by atoms with van der Waals surface area (Å²) < 4.78 is 0. The van der Waals surface area contributed by atoms with Crippen molar-refractivity contribution in [3.05, 3.63) is 0 Å². The van der Waals surface area contributed by atoms with Crippen LogP contribution in [0.15, 0.2) is 0 Å². The summed E-state index contributed by atoms with van der Waals surface area (Å²) in [6, 6.07) is 0.545. The van der Waals surface area contributed by atoms with Crippen LogP contribution in [0.5, 0.6) is 0 Å². The zero-order valence-corrected chi connectivity index (χ0v) is 10.3. The van der Waals surface area contributed by atoms with E-state index in [1.807, 2.05) is 13.8 Å². The molecule has 1 atom stereocenters. The monoisotopic (exact) mass is 212 g/mol. The smallest absolute Gasteiger partial charge is 0.224 e. The summed E-state index contributed by atoms with van der Waals surface area (Å²) in [5.74, 6) is 1.21. The van der Waals surface area contributed by atoms with Gasteiger partial charge >= 0.3 is 0 Å². The van der Waals surface area contributed by atoms with Crippen LogP contribution in [-0.4, -0.2) is 18.5 Å². The van der Waals surface area contributed by atoms with Crippen LogP contribution < -0.4 is 11.1 Å². The van der Waals surface area contributed by atoms with Gasteiger partial charge in [-0.3, -0.25) is 4.79 Å². The molecule has 1 rings (SSSR count). The van der Waals surface area contributed by atoms with E-state index < -0.39 is 5.41 Å². The van der Waals surface area contributed by atoms with Crippen molar-refractivity contribution in [1.82, 2.24) is 5.32 Å². The normalized spacial score (nSPS) is 19.3. The lowest BCUT2D eigenvalue weighted by Crippen LogP contribution is -2.46. The molecule has 0 bridgehead atoms. The minimum absolute atomic E-state index is 0.228. The maximum atomic E-state index is 11.2. The molecular formula is C12H24N2O. The highest BCUT2D eigenvalue weighted by Crippen LogP contribution is 2.35. The molecule has 0 aromatic rings. The average Bonchev–Trinajstić information content (AvgIpc) is 2.87. The topological polar surface area (TPSA) is 55.1 Å². The molecule has 0 aromatic carbocycles. The molecule has 0 radical (unpaired) electrons. The fourth-order valence-electron chi connectivity index (χ4n) is 1.86. The molecule has 1 fully saturated rings. The number of carbonyl (C=O) groups excluding carboxylic acids is 1. The molecule has 88 valence electrons. The summed E-state index contributed by atoms with van der Waals surface area (Å²) in [5.41, 5.74) is 4.90. The van der Waals surface area contributed by atoms with Crippen molar-refractivity contribution in [3.8, 4) is 0 Å². The van der Waals surface area contributed by atoms with E-state index in [0.29, 0.717) is 18.5 Å². The Hall–Kier alpha value is -0.570. The molecule has 0 aliphatic heterocycles. The number of rotatable bonds is 6. The molecule has 0 aromatic heterocycles. The van der Waals surface area contributed by atoms with Gasteiger partial charge in [0.1, 0.15) is 0 Å². The predicted molar refractivity (Wildman–Crippen MR) is 62.3 cm³/mol. The van der Waals surface area contributed by atoms with Gasteiger partial charge in [0.05, 0.1) is 5.41 Å². The molecule has 3 nitrogen and oxygen atoms in total. The number of primary amides is 1. The fraction of sp³-hybridized carbons (Fsp3) is 0.917. The van der Waals surface area contributed by atoms with E-state index in [-0.39, 0.29) is 5.91 Å². The Morgan fingerprint density at radius 1 is 1.47 bits per heavy atom. The van der Waals surface area contributed by atoms with Gasteiger partial charge in [-0.25, -0.2) is 0 Å². The Balaban J connectivity index is 2.43. The number of hydrogen-bond donors (Lipinski definition) is 2. The summed E-state index contributed by atoms with van der Waals surface area (Å²) in [5, 5.41) is 3.50. The van der Waals surface area contributed by atoms with E-state index >= 15 is 0 Å². The number of hydrogen-bond acceptors (Lipinski definition) is 2. The van der Waals surface area contributed by atoms with Gasteiger partial charge in [-0.15, -0.1) is 0 Å². The van der Waals surface area contributed by atoms with E-state index in [1.165, 1.54) is 12.8 Å². The zero-order valence-electron chi connectivity index (χ0n) is 10.3. The second-order valence-electron chi connectivity index (χ2n) is 5.74. The summed E-state index contributed by atoms with van der Waals surface area (Å²) in [7, 11) is 0. The van der Waals surface area contributed by atoms with E-state index in [4.69, 9.17) is 5.73 Å². The van der Waals surface area contributed by atoms with Crippen LogP contribution in [-0.2, 0) is 4.79 Å². The third-order valence-electron chi connectivity index (χ3n) is 3.29. The second-order valence-corrected chi connectivity index (χ2v) is 5.74. The molecular weight excluding hydrogens is 188 g/mol. The molecule has 15 heavy (non-hydrogen) atoms. The molecule has 0 heterocycles. The van der Waals surface area contributed by atoms with Crippen LogP contribution in [0.2, 0.25) is 0 Å². The van der Waals surface area contributed by atoms with Crippen LogP contribution in [0.1, 0.15) is 40.5 Å². The summed E-state index contributed by atoms with van der Waals surface area (Å²) in [6.45, 7) is 8.93. The number of nitrogens with one attached hydrogen (secondary N) is 1. The van der Waals surface area contributed by atoms with Gasteiger partial charge in [0, 0.05) is 12.6 Å². The first-order valence-corrected chi connectivity index (χ1v) is 5.88. The molecule has 0 spiro atoms. The van der Waals surface area contributed by atoms with E-state index in [1.54, 1.807) is 0 Å². The lowest BCUT2D eigenvalue weighted by atomic mass is 9.91. The Kier molecular flexibility index (Phi) is 3.77. The van der Waals surface area contributed by atoms with Gasteiger partial charge in [-0.2, -0.15) is 0 Å². The third-order valence-corrected chi connectivity index (χ3v) is 3.29. The first-order valence-electron chi connectivity index (χ1n) is 5.88. The van der Waals surface area contributed by atoms with Crippen molar-refractivity contribution in [2.75, 3.05) is 6.54 Å². The summed E-state index contributed by atoms with van der Waals surface area (Å²) in [6.07, 6.45) is 2.65. The van der Waals surface area contributed by atoms with Crippen LogP contribution in [0.4, 0.5) is 0 Å². The van der Waals surface area contributed by atoms with E-state index in [9.17, 15) is 4.79 Å². The maximum Gasteiger partial charge on any atom is 0.224 e. The van der Waals surface area contributed by atoms with Gasteiger partial charge in [0.15, 0.2) is 0 Å². The standard InChI is InChI=1S/C12H24N2O/c1-8(2)10(9-5-6-9)14-7-12(3,4)11(13)15/h8-10,14H,5-7H2,1-4H3,(H2,13,15). The average molecular weight is 212 g/mol. The van der Waals surface area contributed by atoms with Crippen molar-refractivity contribution in [1.29, 1.82) is 0 Å². The Bertz CT molecular complexity index is 230. The Morgan fingerprint density at radius 3 is 2.33 bits per heavy atom. The highest BCUT2D eigenvalue weighted by atomic mass is 16.1. The molecule has 3 N–H and O–H groups in total. The second kappa shape index (κ2) is 4.52. The molecule has 1 aliphatic rings. The zero-order chi connectivity index (χ0) is 11.6. The quantitative estimate of drug-likeness (QED) is 0.701. The van der Waals surface area contributed by atoms with Crippen LogP contribution in [0, 0.1) is 17.3 Å². The van der Waals surface area contributed by atoms with Crippen molar-refractivity contribution < 1.29 is 4.79 Å². The van der Waals surface area contributed by atoms with Gasteiger partial charge in [0.25, 0.3) is 0 Å². The molecule has 3 heteroatoms. The Morgan fingerprint density at radius 2 is 2.00 bits per heavy atom. The van der Waals surface area contributed by atoms with Crippen molar-refractivity contribution in [3.63, 3.8) is 0 Å². The SMILES string of the molecule is CC(C)C(NCC(C)(C)C(N)=O)C1CC1. The minimum Gasteiger partial charge on any atom is -0.369 e. The first kappa shape index (κ1) is 12.5. The summed E-state index contributed by atoms with van der Waals surface area (Å²) in [4.78, 5) is 11.2. The lowest BCUT2D eigenvalue weighted by molar-refractivity contribution is -0.125. The number of nitrogens with two attached hydrogens (primary N) is 1. The third kappa shape index (κ3) is 3.49. The maximum absolute atomic E-state index is 11.2. The number of amides is 1. The molecule has 0 saturated heterocycles. The summed E-state index contributed by atoms with van der Waals surface area (Å²) >= 11 is 0. The van der Waals surface area contributed by atoms with Crippen LogP contribution >= 0.6 is 0 Å². The van der Waals surface area contributed by atoms with Gasteiger partial charge < -0.3 is 11.1 Å². The van der Waals surface area contributed by atoms with Gasteiger partial charge in [-0.05, 0) is 38.5 Å². The first-order chi connectivity index (χ1) is 6.84. The highest BCUT2D eigenvalue weighted by molar-refractivity contribution is 5.80. The van der Waals surface area contributed by atoms with E-state index in [2.05, 4.69) is 19.2 Å². The van der Waals surface area contributed by atoms with Crippen molar-refractivity contribution in [2.45, 2.75) is 46.6 Å². The number of carbonyl (C=O) groups is 1. The van der Waals surface area contributed by atoms with Crippen molar-refractivity contribution >= 4 is 5.91 Å². The fourth-order valence-corrected chi connectivity index (χ4v) is 1.86. The van der Waals surface area contributed by atoms with Crippen LogP contribution in [0.3, 0.4) is 0 Å². The molecule has 1 amide bonds. The van der Waals surface area contributed by atoms with E-state index in [0.717, 1.165) is 5.92 Å². The molecule has 1 unspecified atom stereocenters. The van der Waals surface area contributed by atoms with Gasteiger partial charge in [0.2, 0.25) is 5.91 Å². The lowest BCUT2D eigenvalue weighted by Gasteiger charge is -2.28. The molecule has 1 saturated carbocycles. The van der Waals surface area contributed by atoms with Gasteiger partial charge in [-0.1, -0.05) is 13.8 Å². The van der Waals surface area contributed by atoms with Crippen LogP contribution in [0.25, 0.3) is 0 Å². The minimum atomic E-state index is -0.442. The highest BCUT2D eigenvalue weighted by Gasteiger charge is 2.34. The predicted octanol–water partition coefficient (Wildman–Crippen LogP) is 1.52. The Labute approximate surface area is 92.8 Å². The molecule has 1 aliphatic carbocycles. The van der Waals surface area contributed by atoms with Crippen molar-refractivity contribution in [2.24, 2.45) is 23.0 Å². The largest absolute Gasteiger partial charge is 0.369 e.